The van der Waals surface area contributed by atoms with Crippen molar-refractivity contribution >= 4 is 23.5 Å². The van der Waals surface area contributed by atoms with Gasteiger partial charge in [-0.1, -0.05) is 30.3 Å². The Morgan fingerprint density at radius 1 is 0.959 bits per heavy atom. The summed E-state index contributed by atoms with van der Waals surface area (Å²) in [6, 6.07) is 14.5. The second kappa shape index (κ2) is 13.0. The lowest BCUT2D eigenvalue weighted by molar-refractivity contribution is -0.141. The van der Waals surface area contributed by atoms with E-state index < -0.39 is 23.8 Å². The van der Waals surface area contributed by atoms with Crippen molar-refractivity contribution in [3.05, 3.63) is 94.8 Å². The van der Waals surface area contributed by atoms with Crippen LogP contribution in [0.25, 0.3) is 5.82 Å². The zero-order valence-electron chi connectivity index (χ0n) is 26.6. The molecule has 2 saturated heterocycles. The summed E-state index contributed by atoms with van der Waals surface area (Å²) in [5.74, 6) is 1.02. The Morgan fingerprint density at radius 3 is 2.41 bits per heavy atom. The second-order valence-corrected chi connectivity index (χ2v) is 12.3. The molecular weight excluding hydrogens is 641 g/mol. The molecule has 0 aliphatic carbocycles. The third-order valence-electron chi connectivity index (χ3n) is 9.01. The van der Waals surface area contributed by atoms with Crippen LogP contribution in [-0.4, -0.2) is 79.3 Å². The number of alkyl halides is 3. The number of imidazole rings is 1. The van der Waals surface area contributed by atoms with E-state index in [1.165, 1.54) is 9.47 Å². The first kappa shape index (κ1) is 32.2. The summed E-state index contributed by atoms with van der Waals surface area (Å²) in [7, 11) is 0. The van der Waals surface area contributed by atoms with E-state index in [-0.39, 0.29) is 24.8 Å². The van der Waals surface area contributed by atoms with Crippen LogP contribution in [0.15, 0.2) is 61.1 Å². The minimum atomic E-state index is -4.53. The number of fused-ring (bicyclic) bond motifs is 1. The molecule has 2 aromatic carbocycles. The van der Waals surface area contributed by atoms with Crippen molar-refractivity contribution in [2.24, 2.45) is 0 Å². The number of amides is 3. The number of halogens is 3. The van der Waals surface area contributed by atoms with Gasteiger partial charge >= 0.3 is 6.18 Å². The number of nitrogens with zero attached hydrogens (tertiary/aromatic N) is 7. The van der Waals surface area contributed by atoms with E-state index in [1.54, 1.807) is 25.1 Å². The number of ether oxygens (including phenoxy) is 1. The zero-order chi connectivity index (χ0) is 34.3. The van der Waals surface area contributed by atoms with Gasteiger partial charge in [-0.3, -0.25) is 29.2 Å². The van der Waals surface area contributed by atoms with Crippen LogP contribution in [-0.2, 0) is 35.5 Å². The summed E-state index contributed by atoms with van der Waals surface area (Å²) in [5.41, 5.74) is 2.37. The number of carbonyl (C=O) groups excluding carboxylic acids is 3. The van der Waals surface area contributed by atoms with Gasteiger partial charge in [0.05, 0.1) is 6.54 Å². The van der Waals surface area contributed by atoms with Gasteiger partial charge in [-0.15, -0.1) is 0 Å². The quantitative estimate of drug-likeness (QED) is 0.279. The van der Waals surface area contributed by atoms with Gasteiger partial charge in [-0.05, 0) is 36.6 Å². The molecule has 3 amide bonds. The van der Waals surface area contributed by atoms with Crippen LogP contribution < -0.4 is 15.0 Å². The Labute approximate surface area is 279 Å². The van der Waals surface area contributed by atoms with Crippen molar-refractivity contribution in [3.8, 4) is 11.6 Å². The van der Waals surface area contributed by atoms with Gasteiger partial charge in [-0.2, -0.15) is 13.2 Å². The first-order valence-electron chi connectivity index (χ1n) is 15.9. The number of imide groups is 1. The number of nitrogens with one attached hydrogen (secondary N) is 1. The molecule has 15 heteroatoms. The summed E-state index contributed by atoms with van der Waals surface area (Å²) < 4.78 is 46.6. The van der Waals surface area contributed by atoms with Crippen LogP contribution in [0.5, 0.6) is 5.75 Å². The molecule has 3 aliphatic rings. The lowest BCUT2D eigenvalue weighted by Gasteiger charge is -2.35. The number of aromatic nitrogens is 4. The molecule has 0 radical (unpaired) electrons. The van der Waals surface area contributed by atoms with Crippen molar-refractivity contribution in [2.75, 3.05) is 31.1 Å². The highest BCUT2D eigenvalue weighted by Crippen LogP contribution is 2.34. The molecule has 0 bridgehead atoms. The average molecular weight is 675 g/mol. The SMILES string of the molecule is Cc1nc(N2CCN(Cc3ccc(COc4cccc5c4CN([C@H]4CCC(=O)NC4=O)C5=O)cc3)CC2)cc(-n2cnc(C(F)(F)F)c2)n1. The molecule has 254 valence electrons. The number of anilines is 1. The first-order chi connectivity index (χ1) is 23.5. The number of aryl methyl sites for hydroxylation is 1. The predicted octanol–water partition coefficient (Wildman–Crippen LogP) is 3.65. The van der Waals surface area contributed by atoms with Gasteiger partial charge in [0.1, 0.15) is 42.2 Å². The third kappa shape index (κ3) is 6.84. The number of hydrogen-bond donors (Lipinski definition) is 1. The number of benzene rings is 2. The van der Waals surface area contributed by atoms with E-state index in [9.17, 15) is 27.6 Å². The fraction of sp³-hybridized carbons (Fsp3) is 0.353. The molecular formula is C34H33F3N8O4. The molecule has 2 aromatic heterocycles. The molecule has 7 rings (SSSR count). The molecule has 49 heavy (non-hydrogen) atoms. The Balaban J connectivity index is 0.924. The minimum Gasteiger partial charge on any atom is -0.489 e. The van der Waals surface area contributed by atoms with Gasteiger partial charge < -0.3 is 14.5 Å². The maximum absolute atomic E-state index is 13.1. The number of rotatable bonds is 8. The molecule has 0 saturated carbocycles. The van der Waals surface area contributed by atoms with Crippen molar-refractivity contribution in [2.45, 2.75) is 51.7 Å². The number of carbonyl (C=O) groups is 3. The van der Waals surface area contributed by atoms with E-state index in [1.807, 2.05) is 18.2 Å². The monoisotopic (exact) mass is 674 g/mol. The molecule has 0 spiro atoms. The van der Waals surface area contributed by atoms with Crippen LogP contribution in [0.2, 0.25) is 0 Å². The average Bonchev–Trinajstić information content (AvgIpc) is 3.71. The smallest absolute Gasteiger partial charge is 0.434 e. The topological polar surface area (TPSA) is 126 Å². The van der Waals surface area contributed by atoms with Crippen LogP contribution >= 0.6 is 0 Å². The number of piperidine rings is 1. The second-order valence-electron chi connectivity index (χ2n) is 12.3. The van der Waals surface area contributed by atoms with E-state index in [2.05, 4.69) is 42.2 Å². The van der Waals surface area contributed by atoms with Crippen molar-refractivity contribution in [1.82, 2.24) is 34.6 Å². The first-order valence-corrected chi connectivity index (χ1v) is 15.9. The standard InChI is InChI=1S/C34H33F3N8O4/c1-21-39-29(15-30(40-21)44-18-28(38-20-44)34(35,36)37)43-13-11-42(12-14-43)16-22-5-7-23(8-6-22)19-49-27-4-2-3-24-25(27)17-45(33(24)48)26-9-10-31(46)41-32(26)47/h2-8,15,18,20,26H,9-14,16-17,19H2,1H3,(H,41,46,47)/t26-/m0/s1. The van der Waals surface area contributed by atoms with Gasteiger partial charge in [0.15, 0.2) is 5.69 Å². The van der Waals surface area contributed by atoms with Crippen molar-refractivity contribution in [1.29, 1.82) is 0 Å². The van der Waals surface area contributed by atoms with Crippen molar-refractivity contribution < 1.29 is 32.3 Å². The highest BCUT2D eigenvalue weighted by atomic mass is 19.4. The third-order valence-corrected chi connectivity index (χ3v) is 9.01. The number of piperazine rings is 1. The maximum atomic E-state index is 13.1. The Bertz CT molecular complexity index is 1900. The molecule has 5 heterocycles. The summed E-state index contributed by atoms with van der Waals surface area (Å²) in [5, 5.41) is 2.32. The van der Waals surface area contributed by atoms with E-state index >= 15 is 0 Å². The van der Waals surface area contributed by atoms with Crippen LogP contribution in [0.1, 0.15) is 51.4 Å². The highest BCUT2D eigenvalue weighted by molar-refractivity contribution is 6.05. The summed E-state index contributed by atoms with van der Waals surface area (Å²) in [4.78, 5) is 55.4. The van der Waals surface area contributed by atoms with Crippen LogP contribution in [0.4, 0.5) is 19.0 Å². The molecule has 4 aromatic rings. The number of hydrogen-bond acceptors (Lipinski definition) is 9. The van der Waals surface area contributed by atoms with Gasteiger partial charge in [0.2, 0.25) is 11.8 Å². The van der Waals surface area contributed by atoms with E-state index in [0.29, 0.717) is 54.9 Å². The van der Waals surface area contributed by atoms with Gasteiger partial charge in [-0.25, -0.2) is 15.0 Å². The maximum Gasteiger partial charge on any atom is 0.434 e. The van der Waals surface area contributed by atoms with Gasteiger partial charge in [0, 0.05) is 62.5 Å². The Kier molecular flexibility index (Phi) is 8.52. The lowest BCUT2D eigenvalue weighted by Crippen LogP contribution is -2.52. The molecule has 2 fully saturated rings. The van der Waals surface area contributed by atoms with Gasteiger partial charge in [0.25, 0.3) is 5.91 Å². The van der Waals surface area contributed by atoms with E-state index in [0.717, 1.165) is 48.8 Å². The van der Waals surface area contributed by atoms with Crippen LogP contribution in [0, 0.1) is 6.92 Å². The summed E-state index contributed by atoms with van der Waals surface area (Å²) in [6.07, 6.45) is -2.00. The fourth-order valence-electron chi connectivity index (χ4n) is 6.41. The predicted molar refractivity (Wildman–Crippen MR) is 170 cm³/mol. The molecule has 0 unspecified atom stereocenters. The van der Waals surface area contributed by atoms with Crippen molar-refractivity contribution in [3.63, 3.8) is 0 Å². The van der Waals surface area contributed by atoms with Crippen LogP contribution in [0.3, 0.4) is 0 Å². The Morgan fingerprint density at radius 2 is 1.69 bits per heavy atom. The van der Waals surface area contributed by atoms with E-state index in [4.69, 9.17) is 4.74 Å². The molecule has 12 nitrogen and oxygen atoms in total. The summed E-state index contributed by atoms with van der Waals surface area (Å²) in [6.45, 7) is 5.97. The lowest BCUT2D eigenvalue weighted by atomic mass is 10.0. The highest BCUT2D eigenvalue weighted by Gasteiger charge is 2.40. The molecule has 1 atom stereocenters. The zero-order valence-corrected chi connectivity index (χ0v) is 26.6. The fourth-order valence-corrected chi connectivity index (χ4v) is 6.41. The largest absolute Gasteiger partial charge is 0.489 e. The summed E-state index contributed by atoms with van der Waals surface area (Å²) >= 11 is 0. The molecule has 3 aliphatic heterocycles. The minimum absolute atomic E-state index is 0.198. The normalized spacial score (nSPS) is 18.5. The Hall–Kier alpha value is -5.31. The molecule has 1 N–H and O–H groups in total.